The van der Waals surface area contributed by atoms with Gasteiger partial charge in [0.15, 0.2) is 0 Å². The average Bonchev–Trinajstić information content (AvgIpc) is 3.07. The van der Waals surface area contributed by atoms with E-state index in [0.717, 1.165) is 16.9 Å². The number of nitrogens with one attached hydrogen (secondary N) is 1. The van der Waals surface area contributed by atoms with Crippen molar-refractivity contribution in [1.82, 2.24) is 9.78 Å². The maximum Gasteiger partial charge on any atom is 0.347 e. The van der Waals surface area contributed by atoms with E-state index >= 15 is 0 Å². The van der Waals surface area contributed by atoms with E-state index in [0.29, 0.717) is 23.4 Å². The molecule has 0 bridgehead atoms. The lowest BCUT2D eigenvalue weighted by Gasteiger charge is -2.09. The number of aromatic nitrogens is 2. The summed E-state index contributed by atoms with van der Waals surface area (Å²) in [6, 6.07) is 14.6. The van der Waals surface area contributed by atoms with Crippen molar-refractivity contribution in [3.05, 3.63) is 71.5 Å². The molecule has 0 aliphatic rings. The summed E-state index contributed by atoms with van der Waals surface area (Å²) in [6.45, 7) is 5.43. The average molecular weight is 363 g/mol. The molecule has 0 atom stereocenters. The molecule has 1 aromatic heterocycles. The molecule has 138 valence electrons. The Morgan fingerprint density at radius 3 is 2.33 bits per heavy atom. The van der Waals surface area contributed by atoms with Crippen molar-refractivity contribution >= 4 is 17.6 Å². The lowest BCUT2D eigenvalue weighted by Crippen LogP contribution is -2.12. The Hall–Kier alpha value is -3.41. The smallest absolute Gasteiger partial charge is 0.347 e. The van der Waals surface area contributed by atoms with Crippen molar-refractivity contribution in [2.24, 2.45) is 0 Å². The Bertz CT molecular complexity index is 957. The van der Waals surface area contributed by atoms with E-state index in [9.17, 15) is 9.59 Å². The molecule has 0 fully saturated rings. The van der Waals surface area contributed by atoms with Crippen LogP contribution < -0.4 is 10.1 Å². The number of aryl methyl sites for hydroxylation is 1. The Morgan fingerprint density at radius 2 is 1.74 bits per heavy atom. The van der Waals surface area contributed by atoms with Crippen molar-refractivity contribution in [3.63, 3.8) is 0 Å². The highest BCUT2D eigenvalue weighted by Gasteiger charge is 2.19. The topological polar surface area (TPSA) is 73.2 Å². The molecular formula is C21H21N3O3. The molecule has 1 amide bonds. The first-order chi connectivity index (χ1) is 13.0. The molecule has 0 saturated heterocycles. The summed E-state index contributed by atoms with van der Waals surface area (Å²) in [5.74, 6) is -0.215. The molecule has 1 heterocycles. The zero-order valence-electron chi connectivity index (χ0n) is 15.5. The molecule has 0 spiro atoms. The Kier molecular flexibility index (Phi) is 5.35. The number of nitrogens with zero attached hydrogens (tertiary/aromatic N) is 2. The summed E-state index contributed by atoms with van der Waals surface area (Å²) in [7, 11) is 0. The summed E-state index contributed by atoms with van der Waals surface area (Å²) in [6.07, 6.45) is 2.17. The van der Waals surface area contributed by atoms with E-state index in [1.54, 1.807) is 28.9 Å². The van der Waals surface area contributed by atoms with Crippen molar-refractivity contribution in [3.8, 4) is 11.4 Å². The van der Waals surface area contributed by atoms with E-state index < -0.39 is 5.97 Å². The number of ether oxygens (including phenoxy) is 1. The predicted octanol–water partition coefficient (Wildman–Crippen LogP) is 3.92. The van der Waals surface area contributed by atoms with Gasteiger partial charge in [0.25, 0.3) is 0 Å². The lowest BCUT2D eigenvalue weighted by molar-refractivity contribution is -0.114. The van der Waals surface area contributed by atoms with Crippen molar-refractivity contribution in [2.75, 3.05) is 5.32 Å². The molecular weight excluding hydrogens is 342 g/mol. The van der Waals surface area contributed by atoms with Gasteiger partial charge < -0.3 is 10.1 Å². The van der Waals surface area contributed by atoms with Gasteiger partial charge in [-0.2, -0.15) is 5.10 Å². The number of carbonyl (C=O) groups is 2. The number of rotatable bonds is 5. The van der Waals surface area contributed by atoms with Crippen LogP contribution in [0.5, 0.6) is 5.75 Å². The SMILES string of the molecule is CCc1c(C(=O)Oc2ccc(NC(C)=O)cc2)cnn1-c1ccc(C)cc1. The molecule has 3 aromatic rings. The van der Waals surface area contributed by atoms with Crippen molar-refractivity contribution < 1.29 is 14.3 Å². The monoisotopic (exact) mass is 363 g/mol. The molecule has 3 rings (SSSR count). The maximum atomic E-state index is 12.6. The van der Waals surface area contributed by atoms with E-state index in [4.69, 9.17) is 4.74 Å². The van der Waals surface area contributed by atoms with Crippen LogP contribution in [0.25, 0.3) is 5.69 Å². The van der Waals surface area contributed by atoms with Crippen LogP contribution in [0.2, 0.25) is 0 Å². The highest BCUT2D eigenvalue weighted by atomic mass is 16.5. The molecule has 0 unspecified atom stereocenters. The van der Waals surface area contributed by atoms with Gasteiger partial charge in [-0.3, -0.25) is 4.79 Å². The van der Waals surface area contributed by atoms with Crippen molar-refractivity contribution in [2.45, 2.75) is 27.2 Å². The maximum absolute atomic E-state index is 12.6. The number of amides is 1. The van der Waals surface area contributed by atoms with Crippen molar-refractivity contribution in [1.29, 1.82) is 0 Å². The van der Waals surface area contributed by atoms with Gasteiger partial charge in [-0.1, -0.05) is 24.6 Å². The number of esters is 1. The number of hydrogen-bond donors (Lipinski definition) is 1. The standard InChI is InChI=1S/C21H21N3O3/c1-4-20-19(13-22-24(20)17-9-5-14(2)6-10-17)21(26)27-18-11-7-16(8-12-18)23-15(3)25/h5-13H,4H2,1-3H3,(H,23,25). The van der Waals surface area contributed by atoms with E-state index in [1.807, 2.05) is 38.1 Å². The number of carbonyl (C=O) groups excluding carboxylic acids is 2. The normalized spacial score (nSPS) is 10.5. The first-order valence-corrected chi connectivity index (χ1v) is 8.71. The fraction of sp³-hybridized carbons (Fsp3) is 0.190. The second-order valence-electron chi connectivity index (χ2n) is 6.20. The molecule has 0 aliphatic heterocycles. The van der Waals surface area contributed by atoms with Crippen LogP contribution in [-0.2, 0) is 11.2 Å². The molecule has 0 saturated carbocycles. The second-order valence-corrected chi connectivity index (χ2v) is 6.20. The van der Waals surface area contributed by atoms with Gasteiger partial charge >= 0.3 is 5.97 Å². The molecule has 27 heavy (non-hydrogen) atoms. The summed E-state index contributed by atoms with van der Waals surface area (Å²) >= 11 is 0. The number of benzene rings is 2. The third-order valence-electron chi connectivity index (χ3n) is 4.09. The third-order valence-corrected chi connectivity index (χ3v) is 4.09. The summed E-state index contributed by atoms with van der Waals surface area (Å²) in [5, 5.41) is 7.03. The van der Waals surface area contributed by atoms with Gasteiger partial charge in [0, 0.05) is 12.6 Å². The largest absolute Gasteiger partial charge is 0.423 e. The Morgan fingerprint density at radius 1 is 1.07 bits per heavy atom. The van der Waals surface area contributed by atoms with Gasteiger partial charge in [-0.15, -0.1) is 0 Å². The molecule has 0 radical (unpaired) electrons. The van der Waals surface area contributed by atoms with Crippen LogP contribution in [0.15, 0.2) is 54.7 Å². The highest BCUT2D eigenvalue weighted by Crippen LogP contribution is 2.20. The third kappa shape index (κ3) is 4.23. The van der Waals surface area contributed by atoms with Gasteiger partial charge in [-0.05, 0) is 49.7 Å². The van der Waals surface area contributed by atoms with Gasteiger partial charge in [0.2, 0.25) is 5.91 Å². The molecule has 6 nitrogen and oxygen atoms in total. The molecule has 6 heteroatoms. The quantitative estimate of drug-likeness (QED) is 0.551. The molecule has 0 aliphatic carbocycles. The van der Waals surface area contributed by atoms with Crippen LogP contribution in [0, 0.1) is 6.92 Å². The van der Waals surface area contributed by atoms with Gasteiger partial charge in [-0.25, -0.2) is 9.48 Å². The minimum Gasteiger partial charge on any atom is -0.423 e. The minimum absolute atomic E-state index is 0.157. The molecule has 2 aromatic carbocycles. The van der Waals surface area contributed by atoms with Crippen LogP contribution in [0.1, 0.15) is 35.5 Å². The Labute approximate surface area is 157 Å². The second kappa shape index (κ2) is 7.86. The first-order valence-electron chi connectivity index (χ1n) is 8.71. The predicted molar refractivity (Wildman–Crippen MR) is 103 cm³/mol. The summed E-state index contributed by atoms with van der Waals surface area (Å²) in [5.41, 5.74) is 3.92. The summed E-state index contributed by atoms with van der Waals surface area (Å²) in [4.78, 5) is 23.7. The highest BCUT2D eigenvalue weighted by molar-refractivity contribution is 5.92. The molecule has 1 N–H and O–H groups in total. The lowest BCUT2D eigenvalue weighted by atomic mass is 10.2. The van der Waals surface area contributed by atoms with Crippen LogP contribution in [0.4, 0.5) is 5.69 Å². The van der Waals surface area contributed by atoms with Crippen LogP contribution >= 0.6 is 0 Å². The van der Waals surface area contributed by atoms with Gasteiger partial charge in [0.1, 0.15) is 11.3 Å². The number of anilines is 1. The van der Waals surface area contributed by atoms with E-state index in [-0.39, 0.29) is 5.91 Å². The number of hydrogen-bond acceptors (Lipinski definition) is 4. The zero-order valence-corrected chi connectivity index (χ0v) is 15.5. The fourth-order valence-electron chi connectivity index (χ4n) is 2.76. The first kappa shape index (κ1) is 18.4. The minimum atomic E-state index is -0.461. The van der Waals surface area contributed by atoms with Gasteiger partial charge in [0.05, 0.1) is 17.6 Å². The zero-order chi connectivity index (χ0) is 19.4. The fourth-order valence-corrected chi connectivity index (χ4v) is 2.76. The summed E-state index contributed by atoms with van der Waals surface area (Å²) < 4.78 is 7.23. The van der Waals surface area contributed by atoms with Crippen LogP contribution in [0.3, 0.4) is 0 Å². The van der Waals surface area contributed by atoms with E-state index in [2.05, 4.69) is 10.4 Å². The van der Waals surface area contributed by atoms with E-state index in [1.165, 1.54) is 13.1 Å². The van der Waals surface area contributed by atoms with Crippen LogP contribution in [-0.4, -0.2) is 21.7 Å². The Balaban J connectivity index is 1.80.